The number of nitrogens with two attached hydrogens (primary N) is 1. The summed E-state index contributed by atoms with van der Waals surface area (Å²) in [5.41, 5.74) is 9.46. The summed E-state index contributed by atoms with van der Waals surface area (Å²) in [6, 6.07) is 9.68. The number of anilines is 1. The van der Waals surface area contributed by atoms with Gasteiger partial charge in [0.2, 0.25) is 5.95 Å². The van der Waals surface area contributed by atoms with Gasteiger partial charge in [-0.2, -0.15) is 0 Å². The van der Waals surface area contributed by atoms with Crippen LogP contribution in [0.25, 0.3) is 11.2 Å². The zero-order valence-corrected chi connectivity index (χ0v) is 10.0. The Bertz CT molecular complexity index is 701. The van der Waals surface area contributed by atoms with Gasteiger partial charge in [0.05, 0.1) is 12.2 Å². The Labute approximate surface area is 104 Å². The number of nitrogens with zero attached hydrogens (tertiary/aromatic N) is 4. The quantitative estimate of drug-likeness (QED) is 0.739. The summed E-state index contributed by atoms with van der Waals surface area (Å²) in [7, 11) is 0. The van der Waals surface area contributed by atoms with Gasteiger partial charge in [-0.3, -0.25) is 9.55 Å². The predicted molar refractivity (Wildman–Crippen MR) is 70.0 cm³/mol. The van der Waals surface area contributed by atoms with Gasteiger partial charge in [0.15, 0.2) is 5.65 Å². The molecule has 0 aliphatic heterocycles. The molecule has 2 N–H and O–H groups in total. The molecule has 3 rings (SSSR count). The van der Waals surface area contributed by atoms with Gasteiger partial charge in [0.25, 0.3) is 0 Å². The van der Waals surface area contributed by atoms with E-state index in [2.05, 4.69) is 15.0 Å². The molecule has 0 saturated carbocycles. The van der Waals surface area contributed by atoms with Gasteiger partial charge < -0.3 is 5.73 Å². The number of hydrogen-bond acceptors (Lipinski definition) is 4. The molecular formula is C13H13N5. The maximum absolute atomic E-state index is 5.92. The number of imidazole rings is 1. The Hall–Kier alpha value is -2.43. The maximum atomic E-state index is 5.92. The molecule has 3 aromatic heterocycles. The standard InChI is InChI=1S/C13H13N5/c1-9-4-2-5-10(16-9)8-18-12-11(17-13(18)14)6-3-7-15-12/h2-7H,8H2,1H3,(H2,14,17). The molecule has 3 heterocycles. The van der Waals surface area contributed by atoms with Crippen LogP contribution < -0.4 is 5.73 Å². The van der Waals surface area contributed by atoms with Gasteiger partial charge in [0.1, 0.15) is 5.52 Å². The number of aromatic nitrogens is 4. The van der Waals surface area contributed by atoms with E-state index in [1.165, 1.54) is 0 Å². The molecule has 0 amide bonds. The molecule has 0 atom stereocenters. The van der Waals surface area contributed by atoms with Crippen LogP contribution in [0.4, 0.5) is 5.95 Å². The minimum atomic E-state index is 0.465. The average molecular weight is 239 g/mol. The number of aryl methyl sites for hydroxylation is 1. The molecule has 90 valence electrons. The summed E-state index contributed by atoms with van der Waals surface area (Å²) in [6.45, 7) is 2.55. The summed E-state index contributed by atoms with van der Waals surface area (Å²) in [5, 5.41) is 0. The van der Waals surface area contributed by atoms with Crippen LogP contribution in [-0.2, 0) is 6.54 Å². The number of nitrogen functional groups attached to an aromatic ring is 1. The van der Waals surface area contributed by atoms with Gasteiger partial charge in [-0.15, -0.1) is 0 Å². The molecule has 0 unspecified atom stereocenters. The fraction of sp³-hybridized carbons (Fsp3) is 0.154. The van der Waals surface area contributed by atoms with Gasteiger partial charge in [-0.05, 0) is 31.2 Å². The minimum Gasteiger partial charge on any atom is -0.369 e. The zero-order valence-electron chi connectivity index (χ0n) is 10.0. The lowest BCUT2D eigenvalue weighted by Crippen LogP contribution is -2.06. The third-order valence-electron chi connectivity index (χ3n) is 2.80. The van der Waals surface area contributed by atoms with Gasteiger partial charge in [-0.1, -0.05) is 6.07 Å². The number of pyridine rings is 2. The lowest BCUT2D eigenvalue weighted by Gasteiger charge is -2.05. The van der Waals surface area contributed by atoms with E-state index >= 15 is 0 Å². The third-order valence-corrected chi connectivity index (χ3v) is 2.80. The van der Waals surface area contributed by atoms with E-state index in [1.54, 1.807) is 6.20 Å². The molecule has 0 aliphatic rings. The first kappa shape index (κ1) is 10.7. The lowest BCUT2D eigenvalue weighted by atomic mass is 10.3. The van der Waals surface area contributed by atoms with Crippen molar-refractivity contribution >= 4 is 17.1 Å². The van der Waals surface area contributed by atoms with Crippen LogP contribution in [0.3, 0.4) is 0 Å². The molecule has 18 heavy (non-hydrogen) atoms. The zero-order chi connectivity index (χ0) is 12.5. The van der Waals surface area contributed by atoms with Crippen LogP contribution in [0.1, 0.15) is 11.4 Å². The smallest absolute Gasteiger partial charge is 0.202 e. The summed E-state index contributed by atoms with van der Waals surface area (Å²) in [6.07, 6.45) is 1.74. The Kier molecular flexibility index (Phi) is 2.44. The molecule has 3 aromatic rings. The van der Waals surface area contributed by atoms with Gasteiger partial charge in [0, 0.05) is 11.9 Å². The van der Waals surface area contributed by atoms with Crippen molar-refractivity contribution in [1.82, 2.24) is 19.5 Å². The predicted octanol–water partition coefficient (Wildman–Crippen LogP) is 1.77. The normalized spacial score (nSPS) is 10.9. The van der Waals surface area contributed by atoms with E-state index in [0.29, 0.717) is 12.5 Å². The number of hydrogen-bond donors (Lipinski definition) is 1. The Morgan fingerprint density at radius 3 is 2.89 bits per heavy atom. The molecule has 5 heteroatoms. The highest BCUT2D eigenvalue weighted by Gasteiger charge is 2.09. The van der Waals surface area contributed by atoms with E-state index in [1.807, 2.05) is 41.8 Å². The highest BCUT2D eigenvalue weighted by atomic mass is 15.2. The summed E-state index contributed by atoms with van der Waals surface area (Å²) < 4.78 is 1.87. The molecule has 5 nitrogen and oxygen atoms in total. The van der Waals surface area contributed by atoms with Crippen molar-refractivity contribution in [2.24, 2.45) is 0 Å². The summed E-state index contributed by atoms with van der Waals surface area (Å²) in [5.74, 6) is 0.465. The Morgan fingerprint density at radius 1 is 1.17 bits per heavy atom. The van der Waals surface area contributed by atoms with Crippen molar-refractivity contribution in [2.75, 3.05) is 5.73 Å². The second kappa shape index (κ2) is 4.10. The van der Waals surface area contributed by atoms with Crippen LogP contribution in [0.5, 0.6) is 0 Å². The SMILES string of the molecule is Cc1cccc(Cn2c(N)nc3cccnc32)n1. The van der Waals surface area contributed by atoms with Crippen molar-refractivity contribution < 1.29 is 0 Å². The Morgan fingerprint density at radius 2 is 2.06 bits per heavy atom. The third kappa shape index (κ3) is 1.79. The van der Waals surface area contributed by atoms with Crippen LogP contribution in [0.15, 0.2) is 36.5 Å². The monoisotopic (exact) mass is 239 g/mol. The average Bonchev–Trinajstić information content (AvgIpc) is 2.66. The molecule has 0 aliphatic carbocycles. The van der Waals surface area contributed by atoms with E-state index in [-0.39, 0.29) is 0 Å². The lowest BCUT2D eigenvalue weighted by molar-refractivity contribution is 0.796. The van der Waals surface area contributed by atoms with E-state index in [4.69, 9.17) is 5.73 Å². The van der Waals surface area contributed by atoms with E-state index < -0.39 is 0 Å². The van der Waals surface area contributed by atoms with Crippen LogP contribution in [-0.4, -0.2) is 19.5 Å². The van der Waals surface area contributed by atoms with Crippen molar-refractivity contribution in [2.45, 2.75) is 13.5 Å². The maximum Gasteiger partial charge on any atom is 0.202 e. The first-order chi connectivity index (χ1) is 8.74. The molecular weight excluding hydrogens is 226 g/mol. The van der Waals surface area contributed by atoms with Crippen LogP contribution in [0, 0.1) is 6.92 Å². The van der Waals surface area contributed by atoms with E-state index in [9.17, 15) is 0 Å². The van der Waals surface area contributed by atoms with Gasteiger partial charge in [-0.25, -0.2) is 9.97 Å². The molecule has 0 radical (unpaired) electrons. The highest BCUT2D eigenvalue weighted by molar-refractivity contribution is 5.73. The second-order valence-electron chi connectivity index (χ2n) is 4.17. The number of rotatable bonds is 2. The van der Waals surface area contributed by atoms with Crippen molar-refractivity contribution in [3.8, 4) is 0 Å². The van der Waals surface area contributed by atoms with Crippen molar-refractivity contribution in [3.63, 3.8) is 0 Å². The topological polar surface area (TPSA) is 69.6 Å². The molecule has 0 aromatic carbocycles. The second-order valence-corrected chi connectivity index (χ2v) is 4.17. The summed E-state index contributed by atoms with van der Waals surface area (Å²) >= 11 is 0. The largest absolute Gasteiger partial charge is 0.369 e. The van der Waals surface area contributed by atoms with E-state index in [0.717, 1.165) is 22.6 Å². The van der Waals surface area contributed by atoms with Crippen molar-refractivity contribution in [3.05, 3.63) is 47.9 Å². The van der Waals surface area contributed by atoms with Crippen molar-refractivity contribution in [1.29, 1.82) is 0 Å². The van der Waals surface area contributed by atoms with Crippen LogP contribution >= 0.6 is 0 Å². The molecule has 0 spiro atoms. The Balaban J connectivity index is 2.07. The molecule has 0 saturated heterocycles. The van der Waals surface area contributed by atoms with Gasteiger partial charge >= 0.3 is 0 Å². The van der Waals surface area contributed by atoms with Crippen LogP contribution in [0.2, 0.25) is 0 Å². The molecule has 0 bridgehead atoms. The fourth-order valence-electron chi connectivity index (χ4n) is 1.98. The first-order valence-corrected chi connectivity index (χ1v) is 5.73. The molecule has 0 fully saturated rings. The summed E-state index contributed by atoms with van der Waals surface area (Å²) in [4.78, 5) is 13.1. The number of fused-ring (bicyclic) bond motifs is 1. The minimum absolute atomic E-state index is 0.465. The fourth-order valence-corrected chi connectivity index (χ4v) is 1.98. The highest BCUT2D eigenvalue weighted by Crippen LogP contribution is 2.16. The first-order valence-electron chi connectivity index (χ1n) is 5.73.